The lowest BCUT2D eigenvalue weighted by atomic mass is 9.97. The van der Waals surface area contributed by atoms with E-state index >= 15 is 0 Å². The summed E-state index contributed by atoms with van der Waals surface area (Å²) in [6.07, 6.45) is 9.29. The molecule has 0 spiro atoms. The van der Waals surface area contributed by atoms with Crippen molar-refractivity contribution in [1.82, 2.24) is 19.4 Å². The van der Waals surface area contributed by atoms with Crippen molar-refractivity contribution < 1.29 is 0 Å². The minimum Gasteiger partial charge on any atom is -0.298 e. The number of nitrogens with zero attached hydrogens (tertiary/aromatic N) is 4. The molecule has 4 heteroatoms. The first kappa shape index (κ1) is 16.9. The first-order valence-electron chi connectivity index (χ1n) is 10.4. The Kier molecular flexibility index (Phi) is 3.65. The quantitative estimate of drug-likeness (QED) is 0.486. The molecule has 29 heavy (non-hydrogen) atoms. The Hall–Kier alpha value is -2.98. The molecule has 0 amide bonds. The molecular weight excluding hydrogens is 356 g/mol. The van der Waals surface area contributed by atoms with Crippen molar-refractivity contribution in [3.05, 3.63) is 77.9 Å². The van der Waals surface area contributed by atoms with E-state index in [2.05, 4.69) is 58.8 Å². The van der Waals surface area contributed by atoms with E-state index in [0.29, 0.717) is 12.1 Å². The molecule has 0 N–H and O–H groups in total. The third-order valence-corrected chi connectivity index (χ3v) is 6.86. The largest absolute Gasteiger partial charge is 0.298 e. The van der Waals surface area contributed by atoms with Gasteiger partial charge in [0, 0.05) is 53.7 Å². The summed E-state index contributed by atoms with van der Waals surface area (Å²) in [5.74, 6) is 1.02. The summed E-state index contributed by atoms with van der Waals surface area (Å²) >= 11 is 0. The van der Waals surface area contributed by atoms with Crippen LogP contribution in [0.15, 0.2) is 61.1 Å². The Bertz CT molecular complexity index is 1210. The average molecular weight is 380 g/mol. The zero-order valence-electron chi connectivity index (χ0n) is 16.8. The zero-order chi connectivity index (χ0) is 19.5. The lowest BCUT2D eigenvalue weighted by molar-refractivity contribution is 0.223. The zero-order valence-corrected chi connectivity index (χ0v) is 16.8. The van der Waals surface area contributed by atoms with Gasteiger partial charge in [0.2, 0.25) is 0 Å². The van der Waals surface area contributed by atoms with Gasteiger partial charge in [-0.1, -0.05) is 11.6 Å². The van der Waals surface area contributed by atoms with E-state index in [1.165, 1.54) is 40.6 Å². The van der Waals surface area contributed by atoms with E-state index in [0.717, 1.165) is 23.4 Å². The van der Waals surface area contributed by atoms with Crippen molar-refractivity contribution in [3.63, 3.8) is 0 Å². The van der Waals surface area contributed by atoms with Crippen molar-refractivity contribution >= 4 is 10.9 Å². The molecule has 1 saturated heterocycles. The topological polar surface area (TPSA) is 34.0 Å². The molecular formula is C25H24N4. The molecule has 0 aliphatic carbocycles. The summed E-state index contributed by atoms with van der Waals surface area (Å²) in [6, 6.07) is 16.4. The van der Waals surface area contributed by atoms with E-state index in [1.54, 1.807) is 0 Å². The van der Waals surface area contributed by atoms with Gasteiger partial charge >= 0.3 is 0 Å². The van der Waals surface area contributed by atoms with Gasteiger partial charge in [-0.05, 0) is 74.3 Å². The number of aromatic nitrogens is 3. The van der Waals surface area contributed by atoms with Gasteiger partial charge in [-0.25, -0.2) is 4.98 Å². The van der Waals surface area contributed by atoms with Crippen molar-refractivity contribution in [2.24, 2.45) is 0 Å². The fraction of sp³-hybridized carbons (Fsp3) is 0.280. The second kappa shape index (κ2) is 6.26. The lowest BCUT2D eigenvalue weighted by Gasteiger charge is -2.32. The number of fused-ring (bicyclic) bond motifs is 6. The van der Waals surface area contributed by atoms with Crippen LogP contribution in [-0.2, 0) is 6.42 Å². The molecule has 2 unspecified atom stereocenters. The van der Waals surface area contributed by atoms with Gasteiger partial charge in [-0.3, -0.25) is 14.5 Å². The molecule has 4 nitrogen and oxygen atoms in total. The van der Waals surface area contributed by atoms with Crippen LogP contribution in [0.25, 0.3) is 27.8 Å². The highest BCUT2D eigenvalue weighted by Gasteiger charge is 2.41. The molecule has 3 aromatic heterocycles. The van der Waals surface area contributed by atoms with E-state index in [4.69, 9.17) is 4.98 Å². The smallest absolute Gasteiger partial charge is 0.137 e. The Morgan fingerprint density at radius 3 is 2.62 bits per heavy atom. The predicted molar refractivity (Wildman–Crippen MR) is 116 cm³/mol. The van der Waals surface area contributed by atoms with E-state index in [-0.39, 0.29) is 0 Å². The Balaban J connectivity index is 1.55. The van der Waals surface area contributed by atoms with Crippen LogP contribution >= 0.6 is 0 Å². The number of likely N-dealkylation sites (N-methyl/N-ethyl adjacent to an activating group) is 1. The summed E-state index contributed by atoms with van der Waals surface area (Å²) in [6.45, 7) is 2.19. The minimum absolute atomic E-state index is 0.533. The molecule has 144 valence electrons. The molecule has 1 aromatic carbocycles. The van der Waals surface area contributed by atoms with Gasteiger partial charge in [0.05, 0.1) is 5.52 Å². The minimum atomic E-state index is 0.533. The molecule has 0 radical (unpaired) electrons. The molecule has 1 fully saturated rings. The fourth-order valence-electron chi connectivity index (χ4n) is 5.38. The molecule has 2 bridgehead atoms. The van der Waals surface area contributed by atoms with E-state index < -0.39 is 0 Å². The average Bonchev–Trinajstić information content (AvgIpc) is 3.18. The van der Waals surface area contributed by atoms with Gasteiger partial charge < -0.3 is 0 Å². The molecule has 2 aliphatic heterocycles. The van der Waals surface area contributed by atoms with E-state index in [9.17, 15) is 0 Å². The van der Waals surface area contributed by atoms with E-state index in [1.807, 2.05) is 30.7 Å². The van der Waals surface area contributed by atoms with Crippen LogP contribution in [0, 0.1) is 6.92 Å². The van der Waals surface area contributed by atoms with Crippen LogP contribution < -0.4 is 0 Å². The van der Waals surface area contributed by atoms with Crippen LogP contribution in [0.5, 0.6) is 0 Å². The lowest BCUT2D eigenvalue weighted by Crippen LogP contribution is -2.34. The van der Waals surface area contributed by atoms with Crippen molar-refractivity contribution in [2.75, 3.05) is 7.05 Å². The standard InChI is InChI=1S/C25H24N4/c1-16-3-6-21-20(13-16)25-22-7-5-19(28(22)2)14-23(25)29(21)24-8-4-18(15-27-24)17-9-11-26-12-10-17/h3-4,6,8-13,15,19,22H,5,7,14H2,1-2H3. The highest BCUT2D eigenvalue weighted by atomic mass is 15.2. The SMILES string of the molecule is Cc1ccc2c(c1)c1c(n2-c2ccc(-c3ccncc3)cn2)CC2CCC1N2C. The number of hydrogen-bond donors (Lipinski definition) is 0. The maximum Gasteiger partial charge on any atom is 0.137 e. The Morgan fingerprint density at radius 2 is 1.83 bits per heavy atom. The summed E-state index contributed by atoms with van der Waals surface area (Å²) < 4.78 is 2.42. The molecule has 2 atom stereocenters. The number of rotatable bonds is 2. The normalized spacial score (nSPS) is 20.9. The molecule has 6 rings (SSSR count). The molecule has 5 heterocycles. The van der Waals surface area contributed by atoms with Gasteiger partial charge in [0.25, 0.3) is 0 Å². The monoisotopic (exact) mass is 380 g/mol. The van der Waals surface area contributed by atoms with Gasteiger partial charge in [0.1, 0.15) is 5.82 Å². The number of pyridine rings is 2. The first-order chi connectivity index (χ1) is 14.2. The highest BCUT2D eigenvalue weighted by Crippen LogP contribution is 2.47. The van der Waals surface area contributed by atoms with Crippen LogP contribution in [0.4, 0.5) is 0 Å². The predicted octanol–water partition coefficient (Wildman–Crippen LogP) is 5.09. The van der Waals surface area contributed by atoms with Crippen molar-refractivity contribution in [2.45, 2.75) is 38.3 Å². The van der Waals surface area contributed by atoms with Gasteiger partial charge in [0.15, 0.2) is 0 Å². The Labute approximate surface area is 170 Å². The summed E-state index contributed by atoms with van der Waals surface area (Å²) in [5.41, 5.74) is 7.86. The van der Waals surface area contributed by atoms with Crippen LogP contribution in [0.3, 0.4) is 0 Å². The molecule has 4 aromatic rings. The maximum atomic E-state index is 4.90. The summed E-state index contributed by atoms with van der Waals surface area (Å²) in [7, 11) is 2.30. The summed E-state index contributed by atoms with van der Waals surface area (Å²) in [4.78, 5) is 11.6. The second-order valence-electron chi connectivity index (χ2n) is 8.47. The van der Waals surface area contributed by atoms with Gasteiger partial charge in [-0.2, -0.15) is 0 Å². The number of hydrogen-bond acceptors (Lipinski definition) is 3. The number of aryl methyl sites for hydroxylation is 1. The van der Waals surface area contributed by atoms with Crippen molar-refractivity contribution in [3.8, 4) is 16.9 Å². The molecule has 0 saturated carbocycles. The summed E-state index contributed by atoms with van der Waals surface area (Å²) in [5, 5.41) is 1.40. The first-order valence-corrected chi connectivity index (χ1v) is 10.4. The third kappa shape index (κ3) is 2.49. The second-order valence-corrected chi connectivity index (χ2v) is 8.47. The van der Waals surface area contributed by atoms with Crippen LogP contribution in [0.2, 0.25) is 0 Å². The van der Waals surface area contributed by atoms with Crippen LogP contribution in [0.1, 0.15) is 35.7 Å². The fourth-order valence-corrected chi connectivity index (χ4v) is 5.38. The number of benzene rings is 1. The highest BCUT2D eigenvalue weighted by molar-refractivity contribution is 5.89. The van der Waals surface area contributed by atoms with Gasteiger partial charge in [-0.15, -0.1) is 0 Å². The Morgan fingerprint density at radius 1 is 0.966 bits per heavy atom. The third-order valence-electron chi connectivity index (χ3n) is 6.86. The van der Waals surface area contributed by atoms with Crippen LogP contribution in [-0.4, -0.2) is 32.5 Å². The molecule has 2 aliphatic rings. The maximum absolute atomic E-state index is 4.90. The van der Waals surface area contributed by atoms with Crippen molar-refractivity contribution in [1.29, 1.82) is 0 Å².